The number of nitrogens with zero attached hydrogens (tertiary/aromatic N) is 2. The Morgan fingerprint density at radius 3 is 2.47 bits per heavy atom. The van der Waals surface area contributed by atoms with Crippen molar-refractivity contribution in [3.8, 4) is 22.6 Å². The molecule has 2 aliphatic rings. The molecule has 2 N–H and O–H groups in total. The number of hydrogen-bond acceptors (Lipinski definition) is 7. The molecule has 0 unspecified atom stereocenters. The van der Waals surface area contributed by atoms with Crippen LogP contribution in [-0.4, -0.2) is 59.7 Å². The van der Waals surface area contributed by atoms with Crippen LogP contribution >= 0.6 is 0 Å². The van der Waals surface area contributed by atoms with Crippen molar-refractivity contribution in [3.05, 3.63) is 78.6 Å². The Labute approximate surface area is 251 Å². The highest BCUT2D eigenvalue weighted by Gasteiger charge is 2.54. The van der Waals surface area contributed by atoms with Crippen LogP contribution in [0.15, 0.2) is 78.0 Å². The average Bonchev–Trinajstić information content (AvgIpc) is 3.30. The van der Waals surface area contributed by atoms with Gasteiger partial charge in [-0.25, -0.2) is 12.9 Å². The van der Waals surface area contributed by atoms with Crippen LogP contribution in [-0.2, 0) is 21.1 Å². The fraction of sp³-hybridized carbons (Fsp3) is 0.394. The molecule has 10 heteroatoms. The Bertz CT molecular complexity index is 1740. The lowest BCUT2D eigenvalue weighted by Gasteiger charge is -2.57. The van der Waals surface area contributed by atoms with Gasteiger partial charge in [-0.1, -0.05) is 24.3 Å². The number of nitrogens with one attached hydrogen (secondary N) is 1. The van der Waals surface area contributed by atoms with Crippen molar-refractivity contribution in [2.24, 2.45) is 5.41 Å². The van der Waals surface area contributed by atoms with Gasteiger partial charge in [0.25, 0.3) is 0 Å². The van der Waals surface area contributed by atoms with E-state index in [0.29, 0.717) is 10.6 Å². The number of benzene rings is 2. The summed E-state index contributed by atoms with van der Waals surface area (Å²) < 4.78 is 37.3. The molecule has 1 amide bonds. The first-order valence-electron chi connectivity index (χ1n) is 14.5. The van der Waals surface area contributed by atoms with E-state index in [2.05, 4.69) is 10.4 Å². The fourth-order valence-electron chi connectivity index (χ4n) is 6.19. The van der Waals surface area contributed by atoms with Crippen molar-refractivity contribution in [1.29, 1.82) is 0 Å². The van der Waals surface area contributed by atoms with Gasteiger partial charge < -0.3 is 19.9 Å². The molecule has 0 bridgehead atoms. The zero-order valence-electron chi connectivity index (χ0n) is 24.6. The molecular formula is C33H37N3O6S. The molecule has 0 atom stereocenters. The summed E-state index contributed by atoms with van der Waals surface area (Å²) in [6, 6.07) is 18.6. The highest BCUT2D eigenvalue weighted by molar-refractivity contribution is 7.90. The van der Waals surface area contributed by atoms with E-state index in [1.165, 1.54) is 6.26 Å². The number of aliphatic hydroxyl groups is 1. The van der Waals surface area contributed by atoms with Gasteiger partial charge >= 0.3 is 0 Å². The minimum atomic E-state index is -3.26. The van der Waals surface area contributed by atoms with Gasteiger partial charge in [-0.15, -0.1) is 0 Å². The maximum Gasteiger partial charge on any atom is 0.224 e. The van der Waals surface area contributed by atoms with Gasteiger partial charge in [0, 0.05) is 17.9 Å². The van der Waals surface area contributed by atoms with Crippen LogP contribution < -0.4 is 14.8 Å². The van der Waals surface area contributed by atoms with Gasteiger partial charge in [-0.2, -0.15) is 5.10 Å². The summed E-state index contributed by atoms with van der Waals surface area (Å²) in [4.78, 5) is 13.1. The van der Waals surface area contributed by atoms with E-state index >= 15 is 0 Å². The zero-order chi connectivity index (χ0) is 30.4. The largest absolute Gasteiger partial charge is 0.490 e. The second kappa shape index (κ2) is 11.0. The van der Waals surface area contributed by atoms with Crippen LogP contribution in [0.5, 0.6) is 11.5 Å². The first-order chi connectivity index (χ1) is 20.3. The maximum absolute atomic E-state index is 12.8. The van der Waals surface area contributed by atoms with Crippen molar-refractivity contribution < 1.29 is 27.8 Å². The summed E-state index contributed by atoms with van der Waals surface area (Å²) in [5.74, 6) is 1.40. The van der Waals surface area contributed by atoms with Crippen molar-refractivity contribution in [1.82, 2.24) is 14.9 Å². The van der Waals surface area contributed by atoms with Crippen LogP contribution in [0.2, 0.25) is 0 Å². The van der Waals surface area contributed by atoms with Crippen molar-refractivity contribution in [3.63, 3.8) is 0 Å². The van der Waals surface area contributed by atoms with E-state index in [-0.39, 0.29) is 36.5 Å². The Balaban J connectivity index is 0.951. The highest BCUT2D eigenvalue weighted by atomic mass is 32.2. The third-order valence-electron chi connectivity index (χ3n) is 8.31. The number of ether oxygens (including phenoxy) is 2. The quantitative estimate of drug-likeness (QED) is 0.272. The molecule has 226 valence electrons. The van der Waals surface area contributed by atoms with E-state index in [0.717, 1.165) is 53.6 Å². The number of hydrogen-bond donors (Lipinski definition) is 2. The van der Waals surface area contributed by atoms with Crippen molar-refractivity contribution in [2.45, 2.75) is 68.6 Å². The molecule has 0 radical (unpaired) electrons. The Hall–Kier alpha value is -3.89. The molecule has 43 heavy (non-hydrogen) atoms. The van der Waals surface area contributed by atoms with Gasteiger partial charge in [-0.05, 0) is 92.5 Å². The highest BCUT2D eigenvalue weighted by Crippen LogP contribution is 2.56. The van der Waals surface area contributed by atoms with Crippen molar-refractivity contribution in [2.75, 3.05) is 12.9 Å². The predicted octanol–water partition coefficient (Wildman–Crippen LogP) is 4.60. The smallest absolute Gasteiger partial charge is 0.224 e. The summed E-state index contributed by atoms with van der Waals surface area (Å²) in [5, 5.41) is 17.4. The van der Waals surface area contributed by atoms with Gasteiger partial charge in [0.05, 0.1) is 40.9 Å². The second-order valence-corrected chi connectivity index (χ2v) is 14.8. The van der Waals surface area contributed by atoms with Gasteiger partial charge in [0.2, 0.25) is 5.91 Å². The number of pyridine rings is 1. The Morgan fingerprint density at radius 2 is 1.77 bits per heavy atom. The number of aromatic nitrogens is 2. The molecule has 2 aliphatic carbocycles. The predicted molar refractivity (Wildman–Crippen MR) is 163 cm³/mol. The van der Waals surface area contributed by atoms with Crippen LogP contribution in [0.1, 0.15) is 45.1 Å². The lowest BCUT2D eigenvalue weighted by molar-refractivity contribution is -0.126. The third kappa shape index (κ3) is 6.70. The number of fused-ring (bicyclic) bond motifs is 1. The Kier molecular flexibility index (Phi) is 7.46. The summed E-state index contributed by atoms with van der Waals surface area (Å²) >= 11 is 0. The minimum Gasteiger partial charge on any atom is -0.490 e. The second-order valence-electron chi connectivity index (χ2n) is 12.8. The fourth-order valence-corrected chi connectivity index (χ4v) is 6.85. The molecule has 6 rings (SSSR count). The summed E-state index contributed by atoms with van der Waals surface area (Å²) in [6.45, 7) is 3.54. The lowest BCUT2D eigenvalue weighted by Crippen LogP contribution is -2.58. The van der Waals surface area contributed by atoms with E-state index < -0.39 is 15.4 Å². The molecule has 0 aliphatic heterocycles. The molecule has 9 nitrogen and oxygen atoms in total. The maximum atomic E-state index is 12.8. The molecule has 2 fully saturated rings. The molecule has 2 aromatic heterocycles. The molecule has 1 spiro atoms. The standard InChI is InChI=1S/C33H37N3O6S/c1-32(2,38)21-41-27-11-12-30-24(19-34-36(30)20-27)14-31(37)35-25-15-33(16-25)17-28(18-33)42-26-9-7-22(8-10-26)23-5-4-6-29(13-23)43(3,39)40/h4-13,19-20,25,28,38H,14-18,21H2,1-3H3,(H,35,37). The van der Waals surface area contributed by atoms with Crippen LogP contribution in [0, 0.1) is 5.41 Å². The zero-order valence-corrected chi connectivity index (χ0v) is 25.4. The topological polar surface area (TPSA) is 119 Å². The van der Waals surface area contributed by atoms with E-state index in [4.69, 9.17) is 9.47 Å². The molecule has 2 aromatic carbocycles. The number of rotatable bonds is 10. The molecular weight excluding hydrogens is 566 g/mol. The van der Waals surface area contributed by atoms with Crippen molar-refractivity contribution >= 4 is 21.3 Å². The van der Waals surface area contributed by atoms with E-state index in [1.807, 2.05) is 42.5 Å². The van der Waals surface area contributed by atoms with Gasteiger partial charge in [-0.3, -0.25) is 4.79 Å². The number of carbonyl (C=O) groups is 1. The normalized spacial score (nSPS) is 21.7. The Morgan fingerprint density at radius 1 is 1.05 bits per heavy atom. The van der Waals surface area contributed by atoms with E-state index in [9.17, 15) is 18.3 Å². The average molecular weight is 604 g/mol. The molecule has 2 saturated carbocycles. The lowest BCUT2D eigenvalue weighted by atomic mass is 9.53. The van der Waals surface area contributed by atoms with Gasteiger partial charge in [0.1, 0.15) is 18.1 Å². The van der Waals surface area contributed by atoms with Crippen LogP contribution in [0.25, 0.3) is 16.6 Å². The number of carbonyl (C=O) groups excluding carboxylic acids is 1. The minimum absolute atomic E-state index is 0.00797. The van der Waals surface area contributed by atoms with Crippen LogP contribution in [0.3, 0.4) is 0 Å². The molecule has 0 saturated heterocycles. The first kappa shape index (κ1) is 29.2. The van der Waals surface area contributed by atoms with Gasteiger partial charge in [0.15, 0.2) is 9.84 Å². The summed E-state index contributed by atoms with van der Waals surface area (Å²) in [5.41, 5.74) is 2.81. The first-order valence-corrected chi connectivity index (χ1v) is 16.4. The number of sulfone groups is 1. The summed E-state index contributed by atoms with van der Waals surface area (Å²) in [6.07, 6.45) is 8.97. The number of amides is 1. The van der Waals surface area contributed by atoms with Crippen LogP contribution in [0.4, 0.5) is 0 Å². The van der Waals surface area contributed by atoms with E-state index in [1.54, 1.807) is 49.0 Å². The third-order valence-corrected chi connectivity index (χ3v) is 9.42. The molecule has 2 heterocycles. The monoisotopic (exact) mass is 603 g/mol. The molecule has 4 aromatic rings. The summed E-state index contributed by atoms with van der Waals surface area (Å²) in [7, 11) is -3.26. The SMILES string of the molecule is CC(C)(O)COc1ccc2c(CC(=O)NC3CC4(C3)CC(Oc3ccc(-c5cccc(S(C)(=O)=O)c5)cc3)C4)cnn2c1.